The first-order chi connectivity index (χ1) is 8.85. The average molecular weight is 263 g/mol. The van der Waals surface area contributed by atoms with Crippen molar-refractivity contribution < 1.29 is 9.47 Å². The summed E-state index contributed by atoms with van der Waals surface area (Å²) in [6.07, 6.45) is 0. The van der Waals surface area contributed by atoms with Gasteiger partial charge in [-0.2, -0.15) is 0 Å². The molecule has 0 radical (unpaired) electrons. The molecule has 96 valence electrons. The summed E-state index contributed by atoms with van der Waals surface area (Å²) in [6, 6.07) is 10.1. The molecule has 0 saturated heterocycles. The number of hydrogen-bond acceptors (Lipinski definition) is 4. The second kappa shape index (κ2) is 6.42. The van der Waals surface area contributed by atoms with Gasteiger partial charge < -0.3 is 14.8 Å². The fraction of sp³-hybridized carbons (Fsp3) is 0.286. The molecule has 0 aliphatic carbocycles. The molecule has 1 N–H and O–H groups in total. The molecule has 0 aliphatic rings. The minimum Gasteiger partial charge on any atom is -0.493 e. The molecule has 1 aromatic heterocycles. The quantitative estimate of drug-likeness (QED) is 0.869. The van der Waals surface area contributed by atoms with E-state index in [0.717, 1.165) is 30.2 Å². The van der Waals surface area contributed by atoms with Crippen LogP contribution in [0.3, 0.4) is 0 Å². The molecule has 4 heteroatoms. The minimum absolute atomic E-state index is 0.762. The van der Waals surface area contributed by atoms with Crippen LogP contribution < -0.4 is 14.8 Å². The van der Waals surface area contributed by atoms with E-state index in [4.69, 9.17) is 9.47 Å². The highest BCUT2D eigenvalue weighted by Crippen LogP contribution is 2.30. The molecular formula is C14H17NO2S. The van der Waals surface area contributed by atoms with Crippen LogP contribution in [0.25, 0.3) is 0 Å². The van der Waals surface area contributed by atoms with Crippen molar-refractivity contribution in [1.82, 2.24) is 5.32 Å². The predicted octanol–water partition coefficient (Wildman–Crippen LogP) is 3.06. The van der Waals surface area contributed by atoms with E-state index in [1.165, 1.54) is 4.88 Å². The highest BCUT2D eigenvalue weighted by Gasteiger charge is 2.08. The molecule has 0 saturated carbocycles. The van der Waals surface area contributed by atoms with Gasteiger partial charge in [0.2, 0.25) is 0 Å². The second-order valence-electron chi connectivity index (χ2n) is 3.84. The van der Waals surface area contributed by atoms with Crippen molar-refractivity contribution in [2.75, 3.05) is 14.2 Å². The van der Waals surface area contributed by atoms with Gasteiger partial charge in [0.05, 0.1) is 14.2 Å². The van der Waals surface area contributed by atoms with Crippen molar-refractivity contribution >= 4 is 11.3 Å². The monoisotopic (exact) mass is 263 g/mol. The zero-order valence-electron chi connectivity index (χ0n) is 10.6. The summed E-state index contributed by atoms with van der Waals surface area (Å²) in [5.74, 6) is 1.58. The molecule has 3 nitrogen and oxygen atoms in total. The van der Waals surface area contributed by atoms with E-state index in [-0.39, 0.29) is 0 Å². The van der Waals surface area contributed by atoms with Crippen molar-refractivity contribution in [3.8, 4) is 11.5 Å². The van der Waals surface area contributed by atoms with E-state index in [0.29, 0.717) is 0 Å². The maximum atomic E-state index is 5.39. The minimum atomic E-state index is 0.762. The molecule has 0 unspecified atom stereocenters. The zero-order chi connectivity index (χ0) is 12.8. The summed E-state index contributed by atoms with van der Waals surface area (Å²) < 4.78 is 10.7. The van der Waals surface area contributed by atoms with Crippen LogP contribution in [-0.2, 0) is 13.1 Å². The van der Waals surface area contributed by atoms with Crippen molar-refractivity contribution in [3.05, 3.63) is 46.2 Å². The fourth-order valence-electron chi connectivity index (χ4n) is 1.83. The molecule has 0 bridgehead atoms. The number of rotatable bonds is 6. The number of thiophene rings is 1. The molecule has 2 rings (SSSR count). The van der Waals surface area contributed by atoms with Crippen molar-refractivity contribution in [1.29, 1.82) is 0 Å². The van der Waals surface area contributed by atoms with Crippen LogP contribution in [0.5, 0.6) is 11.5 Å². The Morgan fingerprint density at radius 3 is 2.61 bits per heavy atom. The molecule has 1 aromatic carbocycles. The topological polar surface area (TPSA) is 30.5 Å². The van der Waals surface area contributed by atoms with Gasteiger partial charge in [0, 0.05) is 23.5 Å². The fourth-order valence-corrected chi connectivity index (χ4v) is 2.50. The highest BCUT2D eigenvalue weighted by atomic mass is 32.1. The van der Waals surface area contributed by atoms with Crippen LogP contribution in [0, 0.1) is 0 Å². The zero-order valence-corrected chi connectivity index (χ0v) is 11.4. The van der Waals surface area contributed by atoms with Gasteiger partial charge in [0.15, 0.2) is 11.5 Å². The Kier molecular flexibility index (Phi) is 4.61. The molecule has 2 aromatic rings. The number of methoxy groups -OCH3 is 2. The van der Waals surface area contributed by atoms with E-state index in [2.05, 4.69) is 22.8 Å². The standard InChI is InChI=1S/C14H17NO2S/c1-16-13-7-3-5-11(14(13)17-2)9-15-10-12-6-4-8-18-12/h3-8,15H,9-10H2,1-2H3. The molecule has 0 aliphatic heterocycles. The first-order valence-electron chi connectivity index (χ1n) is 5.78. The van der Waals surface area contributed by atoms with Crippen molar-refractivity contribution in [2.24, 2.45) is 0 Å². The molecule has 0 fully saturated rings. The van der Waals surface area contributed by atoms with Crippen LogP contribution in [0.1, 0.15) is 10.4 Å². The smallest absolute Gasteiger partial charge is 0.165 e. The SMILES string of the molecule is COc1cccc(CNCc2cccs2)c1OC. The second-order valence-corrected chi connectivity index (χ2v) is 4.87. The van der Waals surface area contributed by atoms with Gasteiger partial charge in [-0.15, -0.1) is 11.3 Å². The average Bonchev–Trinajstić information content (AvgIpc) is 2.91. The van der Waals surface area contributed by atoms with Crippen LogP contribution in [0.2, 0.25) is 0 Å². The Balaban J connectivity index is 2.00. The predicted molar refractivity (Wildman–Crippen MR) is 74.4 cm³/mol. The first-order valence-corrected chi connectivity index (χ1v) is 6.66. The van der Waals surface area contributed by atoms with Gasteiger partial charge >= 0.3 is 0 Å². The maximum absolute atomic E-state index is 5.39. The molecule has 1 heterocycles. The third-order valence-corrected chi connectivity index (χ3v) is 3.56. The van der Waals surface area contributed by atoms with Gasteiger partial charge in [-0.25, -0.2) is 0 Å². The highest BCUT2D eigenvalue weighted by molar-refractivity contribution is 7.09. The first kappa shape index (κ1) is 12.9. The largest absolute Gasteiger partial charge is 0.493 e. The lowest BCUT2D eigenvalue weighted by molar-refractivity contribution is 0.350. The lowest BCUT2D eigenvalue weighted by Crippen LogP contribution is -2.12. The lowest BCUT2D eigenvalue weighted by Gasteiger charge is -2.12. The van der Waals surface area contributed by atoms with Gasteiger partial charge in [0.25, 0.3) is 0 Å². The molecule has 0 spiro atoms. The van der Waals surface area contributed by atoms with Crippen molar-refractivity contribution in [2.45, 2.75) is 13.1 Å². The number of nitrogens with one attached hydrogen (secondary N) is 1. The molecule has 18 heavy (non-hydrogen) atoms. The summed E-state index contributed by atoms with van der Waals surface area (Å²) in [5, 5.41) is 5.49. The van der Waals surface area contributed by atoms with Gasteiger partial charge in [-0.3, -0.25) is 0 Å². The Hall–Kier alpha value is -1.52. The summed E-state index contributed by atoms with van der Waals surface area (Å²) in [5.41, 5.74) is 1.11. The van der Waals surface area contributed by atoms with Gasteiger partial charge in [-0.1, -0.05) is 18.2 Å². The van der Waals surface area contributed by atoms with E-state index in [1.807, 2.05) is 18.2 Å². The van der Waals surface area contributed by atoms with E-state index in [9.17, 15) is 0 Å². The summed E-state index contributed by atoms with van der Waals surface area (Å²) in [6.45, 7) is 1.64. The Morgan fingerprint density at radius 2 is 1.94 bits per heavy atom. The summed E-state index contributed by atoms with van der Waals surface area (Å²) in [4.78, 5) is 1.33. The third kappa shape index (κ3) is 3.03. The lowest BCUT2D eigenvalue weighted by atomic mass is 10.2. The molecule has 0 amide bonds. The summed E-state index contributed by atoms with van der Waals surface area (Å²) >= 11 is 1.76. The Morgan fingerprint density at radius 1 is 1.06 bits per heavy atom. The number of benzene rings is 1. The number of ether oxygens (including phenoxy) is 2. The molecule has 0 atom stereocenters. The van der Waals surface area contributed by atoms with Crippen LogP contribution >= 0.6 is 11.3 Å². The Bertz CT molecular complexity index is 483. The maximum Gasteiger partial charge on any atom is 0.165 e. The number of hydrogen-bond donors (Lipinski definition) is 1. The van der Waals surface area contributed by atoms with E-state index in [1.54, 1.807) is 25.6 Å². The third-order valence-electron chi connectivity index (χ3n) is 2.68. The summed E-state index contributed by atoms with van der Waals surface area (Å²) in [7, 11) is 3.32. The van der Waals surface area contributed by atoms with E-state index < -0.39 is 0 Å². The number of para-hydroxylation sites is 1. The van der Waals surface area contributed by atoms with Crippen LogP contribution in [0.4, 0.5) is 0 Å². The van der Waals surface area contributed by atoms with Crippen molar-refractivity contribution in [3.63, 3.8) is 0 Å². The van der Waals surface area contributed by atoms with Gasteiger partial charge in [-0.05, 0) is 17.5 Å². The van der Waals surface area contributed by atoms with Gasteiger partial charge in [0.1, 0.15) is 0 Å². The Labute approximate surface area is 111 Å². The van der Waals surface area contributed by atoms with Crippen LogP contribution in [-0.4, -0.2) is 14.2 Å². The normalized spacial score (nSPS) is 10.3. The molecular weight excluding hydrogens is 246 g/mol. The van der Waals surface area contributed by atoms with E-state index >= 15 is 0 Å². The van der Waals surface area contributed by atoms with Crippen LogP contribution in [0.15, 0.2) is 35.7 Å².